The van der Waals surface area contributed by atoms with Crippen LogP contribution in [-0.2, 0) is 4.74 Å². The van der Waals surface area contributed by atoms with Crippen LogP contribution in [-0.4, -0.2) is 49.8 Å². The molecule has 0 amide bonds. The minimum Gasteiger partial charge on any atom is -0.491 e. The van der Waals surface area contributed by atoms with E-state index >= 15 is 0 Å². The number of nitrogens with two attached hydrogens (primary N) is 1. The Kier molecular flexibility index (Phi) is 7.28. The Morgan fingerprint density at radius 1 is 1.11 bits per heavy atom. The Morgan fingerprint density at radius 3 is 2.43 bits per heavy atom. The molecule has 1 fully saturated rings. The van der Waals surface area contributed by atoms with Crippen molar-refractivity contribution in [3.05, 3.63) is 60.2 Å². The summed E-state index contributed by atoms with van der Waals surface area (Å²) in [6, 6.07) is 18.4. The average Bonchev–Trinajstić information content (AvgIpc) is 2.71. The molecule has 6 heteroatoms. The second-order valence-corrected chi connectivity index (χ2v) is 7.12. The van der Waals surface area contributed by atoms with Crippen LogP contribution in [0.5, 0.6) is 5.75 Å². The first-order chi connectivity index (χ1) is 13.6. The number of benzene rings is 2. The van der Waals surface area contributed by atoms with Crippen LogP contribution in [0.4, 0.5) is 5.69 Å². The van der Waals surface area contributed by atoms with Crippen molar-refractivity contribution in [1.29, 1.82) is 0 Å². The van der Waals surface area contributed by atoms with Crippen molar-refractivity contribution in [2.45, 2.75) is 26.0 Å². The second-order valence-electron chi connectivity index (χ2n) is 7.12. The lowest BCUT2D eigenvalue weighted by Crippen LogP contribution is -2.40. The van der Waals surface area contributed by atoms with E-state index in [0.717, 1.165) is 37.7 Å². The van der Waals surface area contributed by atoms with Crippen LogP contribution < -0.4 is 15.8 Å². The van der Waals surface area contributed by atoms with Gasteiger partial charge in [0.15, 0.2) is 5.96 Å². The molecule has 28 heavy (non-hydrogen) atoms. The predicted octanol–water partition coefficient (Wildman–Crippen LogP) is 3.27. The Labute approximate surface area is 167 Å². The minimum atomic E-state index is 0.153. The molecule has 2 aromatic rings. The number of anilines is 1. The van der Waals surface area contributed by atoms with Gasteiger partial charge in [-0.2, -0.15) is 0 Å². The molecule has 3 rings (SSSR count). The smallest absolute Gasteiger partial charge is 0.193 e. The number of nitrogens with one attached hydrogen (secondary N) is 1. The van der Waals surface area contributed by atoms with Gasteiger partial charge in [-0.05, 0) is 43.7 Å². The van der Waals surface area contributed by atoms with Crippen LogP contribution in [0.1, 0.15) is 25.5 Å². The van der Waals surface area contributed by atoms with Gasteiger partial charge in [-0.3, -0.25) is 9.89 Å². The molecule has 0 spiro atoms. The number of aliphatic imine (C=N–C) groups is 1. The molecule has 1 unspecified atom stereocenters. The van der Waals surface area contributed by atoms with Crippen molar-refractivity contribution in [2.24, 2.45) is 10.7 Å². The lowest BCUT2D eigenvalue weighted by atomic mass is 10.1. The van der Waals surface area contributed by atoms with Crippen molar-refractivity contribution in [3.8, 4) is 5.75 Å². The molecule has 0 bridgehead atoms. The normalized spacial score (nSPS) is 16.8. The number of hydrogen-bond donors (Lipinski definition) is 2. The van der Waals surface area contributed by atoms with Gasteiger partial charge in [0.25, 0.3) is 0 Å². The molecule has 6 nitrogen and oxygen atoms in total. The van der Waals surface area contributed by atoms with E-state index in [9.17, 15) is 0 Å². The summed E-state index contributed by atoms with van der Waals surface area (Å²) in [6.07, 6.45) is 0.153. The third-order valence-electron chi connectivity index (χ3n) is 4.60. The fourth-order valence-corrected chi connectivity index (χ4v) is 3.26. The first kappa shape index (κ1) is 20.2. The Bertz CT molecular complexity index is 741. The van der Waals surface area contributed by atoms with Gasteiger partial charge >= 0.3 is 0 Å². The lowest BCUT2D eigenvalue weighted by molar-refractivity contribution is 0.0180. The van der Waals surface area contributed by atoms with Gasteiger partial charge in [-0.1, -0.05) is 30.3 Å². The van der Waals surface area contributed by atoms with Crippen LogP contribution in [0.2, 0.25) is 0 Å². The highest BCUT2D eigenvalue weighted by atomic mass is 16.5. The molecular weight excluding hydrogens is 352 g/mol. The van der Waals surface area contributed by atoms with Crippen molar-refractivity contribution in [2.75, 3.05) is 38.2 Å². The standard InChI is InChI=1S/C22H30N4O2/c1-17(2)28-20-10-8-19(9-11-20)25-22(23)24-16-21(18-6-4-3-5-7-18)26-12-14-27-15-13-26/h3-11,17,21H,12-16H2,1-2H3,(H3,23,24,25). The zero-order chi connectivity index (χ0) is 19.8. The number of ether oxygens (including phenoxy) is 2. The summed E-state index contributed by atoms with van der Waals surface area (Å²) >= 11 is 0. The number of nitrogens with zero attached hydrogens (tertiary/aromatic N) is 2. The van der Waals surface area contributed by atoms with Gasteiger partial charge in [0.05, 0.1) is 31.9 Å². The van der Waals surface area contributed by atoms with Gasteiger partial charge in [0, 0.05) is 18.8 Å². The third-order valence-corrected chi connectivity index (χ3v) is 4.60. The number of morpholine rings is 1. The minimum absolute atomic E-state index is 0.153. The molecule has 150 valence electrons. The summed E-state index contributed by atoms with van der Waals surface area (Å²) < 4.78 is 11.2. The van der Waals surface area contributed by atoms with E-state index in [0.29, 0.717) is 12.5 Å². The Morgan fingerprint density at radius 2 is 1.79 bits per heavy atom. The number of guanidine groups is 1. The van der Waals surface area contributed by atoms with E-state index in [4.69, 9.17) is 15.2 Å². The lowest BCUT2D eigenvalue weighted by Gasteiger charge is -2.34. The molecule has 1 saturated heterocycles. The Balaban J connectivity index is 1.64. The molecule has 0 saturated carbocycles. The highest BCUT2D eigenvalue weighted by Gasteiger charge is 2.22. The average molecular weight is 383 g/mol. The van der Waals surface area contributed by atoms with E-state index in [1.54, 1.807) is 0 Å². The van der Waals surface area contributed by atoms with Crippen molar-refractivity contribution in [3.63, 3.8) is 0 Å². The highest BCUT2D eigenvalue weighted by molar-refractivity contribution is 5.92. The Hall–Kier alpha value is -2.57. The summed E-state index contributed by atoms with van der Waals surface area (Å²) in [5.74, 6) is 1.25. The zero-order valence-electron chi connectivity index (χ0n) is 16.7. The molecule has 1 heterocycles. The van der Waals surface area contributed by atoms with Crippen molar-refractivity contribution in [1.82, 2.24) is 4.90 Å². The van der Waals surface area contributed by atoms with Gasteiger partial charge < -0.3 is 20.5 Å². The molecular formula is C22H30N4O2. The zero-order valence-corrected chi connectivity index (χ0v) is 16.7. The van der Waals surface area contributed by atoms with Crippen LogP contribution >= 0.6 is 0 Å². The summed E-state index contributed by atoms with van der Waals surface area (Å²) in [4.78, 5) is 7.02. The first-order valence-electron chi connectivity index (χ1n) is 9.82. The van der Waals surface area contributed by atoms with Gasteiger partial charge in [-0.25, -0.2) is 0 Å². The SMILES string of the molecule is CC(C)Oc1ccc(NC(N)=NCC(c2ccccc2)N2CCOCC2)cc1. The highest BCUT2D eigenvalue weighted by Crippen LogP contribution is 2.22. The number of rotatable bonds is 7. The van der Waals surface area contributed by atoms with E-state index in [1.165, 1.54) is 5.56 Å². The van der Waals surface area contributed by atoms with Crippen molar-refractivity contribution < 1.29 is 9.47 Å². The molecule has 0 aliphatic carbocycles. The quantitative estimate of drug-likeness (QED) is 0.568. The van der Waals surface area contributed by atoms with E-state index in [2.05, 4.69) is 39.5 Å². The van der Waals surface area contributed by atoms with Gasteiger partial charge in [-0.15, -0.1) is 0 Å². The summed E-state index contributed by atoms with van der Waals surface area (Å²) in [5, 5.41) is 3.16. The summed E-state index contributed by atoms with van der Waals surface area (Å²) in [5.41, 5.74) is 8.28. The monoisotopic (exact) mass is 382 g/mol. The molecule has 1 aliphatic rings. The van der Waals surface area contributed by atoms with Gasteiger partial charge in [0.1, 0.15) is 5.75 Å². The van der Waals surface area contributed by atoms with Crippen LogP contribution in [0.15, 0.2) is 59.6 Å². The maximum Gasteiger partial charge on any atom is 0.193 e. The third kappa shape index (κ3) is 5.97. The molecule has 2 aromatic carbocycles. The number of hydrogen-bond acceptors (Lipinski definition) is 4. The maximum atomic E-state index is 6.14. The predicted molar refractivity (Wildman–Crippen MR) is 114 cm³/mol. The van der Waals surface area contributed by atoms with E-state index < -0.39 is 0 Å². The van der Waals surface area contributed by atoms with E-state index in [1.807, 2.05) is 44.2 Å². The second kappa shape index (κ2) is 10.1. The van der Waals surface area contributed by atoms with Gasteiger partial charge in [0.2, 0.25) is 0 Å². The first-order valence-corrected chi connectivity index (χ1v) is 9.82. The largest absolute Gasteiger partial charge is 0.491 e. The fourth-order valence-electron chi connectivity index (χ4n) is 3.26. The molecule has 3 N–H and O–H groups in total. The van der Waals surface area contributed by atoms with Crippen molar-refractivity contribution >= 4 is 11.6 Å². The van der Waals surface area contributed by atoms with Crippen LogP contribution in [0.3, 0.4) is 0 Å². The topological polar surface area (TPSA) is 72.1 Å². The summed E-state index contributed by atoms with van der Waals surface area (Å²) in [7, 11) is 0. The molecule has 0 radical (unpaired) electrons. The molecule has 1 aliphatic heterocycles. The van der Waals surface area contributed by atoms with Crippen LogP contribution in [0.25, 0.3) is 0 Å². The maximum absolute atomic E-state index is 6.14. The summed E-state index contributed by atoms with van der Waals surface area (Å²) in [6.45, 7) is 7.93. The molecule has 1 atom stereocenters. The van der Waals surface area contributed by atoms with E-state index in [-0.39, 0.29) is 12.1 Å². The van der Waals surface area contributed by atoms with Crippen LogP contribution in [0, 0.1) is 0 Å². The fraction of sp³-hybridized carbons (Fsp3) is 0.409. The molecule has 0 aromatic heterocycles.